The number of nitrogens with one attached hydrogen (secondary N) is 1. The van der Waals surface area contributed by atoms with Crippen LogP contribution >= 0.6 is 11.3 Å². The van der Waals surface area contributed by atoms with Crippen LogP contribution in [0.3, 0.4) is 0 Å². The maximum absolute atomic E-state index is 12.4. The number of aromatic nitrogens is 2. The van der Waals surface area contributed by atoms with Crippen LogP contribution in [0, 0.1) is 0 Å². The van der Waals surface area contributed by atoms with Crippen molar-refractivity contribution in [2.45, 2.75) is 12.8 Å². The lowest BCUT2D eigenvalue weighted by Gasteiger charge is -2.19. The van der Waals surface area contributed by atoms with E-state index >= 15 is 0 Å². The summed E-state index contributed by atoms with van der Waals surface area (Å²) in [5.41, 5.74) is 3.82. The van der Waals surface area contributed by atoms with E-state index in [2.05, 4.69) is 15.1 Å². The molecule has 0 atom stereocenters. The highest BCUT2D eigenvalue weighted by Gasteiger charge is 2.14. The van der Waals surface area contributed by atoms with E-state index in [-0.39, 0.29) is 5.91 Å². The van der Waals surface area contributed by atoms with E-state index in [1.807, 2.05) is 48.7 Å². The fourth-order valence-electron chi connectivity index (χ4n) is 3.34. The molecule has 146 valence electrons. The summed E-state index contributed by atoms with van der Waals surface area (Å²) in [5, 5.41) is 5.00. The van der Waals surface area contributed by atoms with Gasteiger partial charge in [0.05, 0.1) is 5.69 Å². The molecule has 0 unspecified atom stereocenters. The molecule has 4 aromatic rings. The highest BCUT2D eigenvalue weighted by atomic mass is 32.1. The maximum Gasteiger partial charge on any atom is 0.224 e. The number of amides is 1. The largest absolute Gasteiger partial charge is 0.486 e. The Labute approximate surface area is 171 Å². The third-order valence-electron chi connectivity index (χ3n) is 4.79. The lowest BCUT2D eigenvalue weighted by molar-refractivity contribution is -0.116. The van der Waals surface area contributed by atoms with Crippen molar-refractivity contribution in [3.05, 3.63) is 65.8 Å². The third-order valence-corrected chi connectivity index (χ3v) is 5.68. The number of nitrogens with zero attached hydrogens (tertiary/aromatic N) is 2. The number of anilines is 1. The van der Waals surface area contributed by atoms with Gasteiger partial charge in [-0.05, 0) is 18.6 Å². The van der Waals surface area contributed by atoms with Crippen molar-refractivity contribution < 1.29 is 14.3 Å². The van der Waals surface area contributed by atoms with Gasteiger partial charge in [-0.25, -0.2) is 4.98 Å². The Morgan fingerprint density at radius 2 is 1.93 bits per heavy atom. The minimum Gasteiger partial charge on any atom is -0.486 e. The number of thiazole rings is 1. The van der Waals surface area contributed by atoms with Crippen molar-refractivity contribution in [2.24, 2.45) is 0 Å². The smallest absolute Gasteiger partial charge is 0.224 e. The molecule has 1 amide bonds. The molecule has 0 saturated heterocycles. The van der Waals surface area contributed by atoms with Gasteiger partial charge in [0.15, 0.2) is 16.5 Å². The van der Waals surface area contributed by atoms with E-state index in [4.69, 9.17) is 14.5 Å². The van der Waals surface area contributed by atoms with Crippen LogP contribution in [-0.4, -0.2) is 28.5 Å². The molecule has 7 heteroatoms. The summed E-state index contributed by atoms with van der Waals surface area (Å²) in [6.07, 6.45) is 3.06. The molecular formula is C22H19N3O3S. The summed E-state index contributed by atoms with van der Waals surface area (Å²) >= 11 is 1.59. The van der Waals surface area contributed by atoms with Crippen LogP contribution in [0.2, 0.25) is 0 Å². The van der Waals surface area contributed by atoms with Crippen molar-refractivity contribution in [2.75, 3.05) is 18.5 Å². The lowest BCUT2D eigenvalue weighted by Crippen LogP contribution is -2.16. The molecule has 2 aromatic heterocycles. The molecule has 29 heavy (non-hydrogen) atoms. The molecule has 0 aliphatic carbocycles. The van der Waals surface area contributed by atoms with Gasteiger partial charge in [0.1, 0.15) is 13.2 Å². The van der Waals surface area contributed by atoms with Crippen molar-refractivity contribution in [1.82, 2.24) is 9.38 Å². The fourth-order valence-corrected chi connectivity index (χ4v) is 4.25. The first-order valence-electron chi connectivity index (χ1n) is 9.47. The number of hydrogen-bond acceptors (Lipinski definition) is 5. The van der Waals surface area contributed by atoms with Gasteiger partial charge in [-0.3, -0.25) is 9.20 Å². The second-order valence-electron chi connectivity index (χ2n) is 6.78. The molecule has 1 aliphatic heterocycles. The number of rotatable bonds is 5. The van der Waals surface area contributed by atoms with E-state index in [9.17, 15) is 4.79 Å². The Balaban J connectivity index is 1.26. The minimum absolute atomic E-state index is 0.0376. The summed E-state index contributed by atoms with van der Waals surface area (Å²) in [6, 6.07) is 15.6. The fraction of sp³-hybridized carbons (Fsp3) is 0.182. The number of benzene rings is 2. The Bertz CT molecular complexity index is 1170. The molecule has 0 spiro atoms. The normalized spacial score (nSPS) is 12.8. The zero-order valence-corrected chi connectivity index (χ0v) is 16.4. The number of aryl methyl sites for hydroxylation is 1. The number of fused-ring (bicyclic) bond motifs is 2. The predicted molar refractivity (Wildman–Crippen MR) is 113 cm³/mol. The monoisotopic (exact) mass is 405 g/mol. The molecule has 6 nitrogen and oxygen atoms in total. The lowest BCUT2D eigenvalue weighted by atomic mass is 10.2. The SMILES string of the molecule is O=C(CCc1csc2nc(-c3ccccc3)cn12)Nc1ccc2c(c1)OCCO2. The maximum atomic E-state index is 12.4. The van der Waals surface area contributed by atoms with Crippen LogP contribution in [0.25, 0.3) is 16.2 Å². The Morgan fingerprint density at radius 1 is 1.10 bits per heavy atom. The van der Waals surface area contributed by atoms with Gasteiger partial charge >= 0.3 is 0 Å². The van der Waals surface area contributed by atoms with E-state index < -0.39 is 0 Å². The third kappa shape index (κ3) is 3.69. The van der Waals surface area contributed by atoms with Crippen LogP contribution < -0.4 is 14.8 Å². The second kappa shape index (κ2) is 7.60. The second-order valence-corrected chi connectivity index (χ2v) is 7.61. The van der Waals surface area contributed by atoms with E-state index in [1.54, 1.807) is 17.4 Å². The molecule has 0 saturated carbocycles. The quantitative estimate of drug-likeness (QED) is 0.534. The molecule has 5 rings (SSSR count). The summed E-state index contributed by atoms with van der Waals surface area (Å²) in [5.74, 6) is 1.34. The first-order valence-corrected chi connectivity index (χ1v) is 10.3. The summed E-state index contributed by atoms with van der Waals surface area (Å²) in [7, 11) is 0. The number of carbonyl (C=O) groups is 1. The molecule has 2 aromatic carbocycles. The summed E-state index contributed by atoms with van der Waals surface area (Å²) in [6.45, 7) is 1.07. The average molecular weight is 405 g/mol. The van der Waals surface area contributed by atoms with Gasteiger partial charge in [-0.2, -0.15) is 0 Å². The van der Waals surface area contributed by atoms with Crippen molar-refractivity contribution in [3.8, 4) is 22.8 Å². The minimum atomic E-state index is -0.0376. The number of ether oxygens (including phenoxy) is 2. The van der Waals surface area contributed by atoms with Crippen LogP contribution in [-0.2, 0) is 11.2 Å². The Hall–Kier alpha value is -3.32. The Kier molecular flexibility index (Phi) is 4.65. The first-order chi connectivity index (χ1) is 14.3. The predicted octanol–water partition coefficient (Wildman–Crippen LogP) is 4.41. The van der Waals surface area contributed by atoms with Gasteiger partial charge in [0.2, 0.25) is 5.91 Å². The number of imidazole rings is 1. The molecule has 0 radical (unpaired) electrons. The summed E-state index contributed by atoms with van der Waals surface area (Å²) < 4.78 is 13.1. The molecule has 3 heterocycles. The number of carbonyl (C=O) groups excluding carboxylic acids is 1. The first kappa shape index (κ1) is 17.8. The van der Waals surface area contributed by atoms with E-state index in [1.165, 1.54) is 0 Å². The van der Waals surface area contributed by atoms with Gasteiger partial charge in [-0.15, -0.1) is 11.3 Å². The zero-order valence-electron chi connectivity index (χ0n) is 15.6. The van der Waals surface area contributed by atoms with Crippen LogP contribution in [0.5, 0.6) is 11.5 Å². The van der Waals surface area contributed by atoms with Crippen molar-refractivity contribution >= 4 is 27.9 Å². The topological polar surface area (TPSA) is 64.9 Å². The van der Waals surface area contributed by atoms with Gasteiger partial charge in [-0.1, -0.05) is 30.3 Å². The molecule has 0 bridgehead atoms. The van der Waals surface area contributed by atoms with E-state index in [0.29, 0.717) is 43.2 Å². The molecule has 1 N–H and O–H groups in total. The van der Waals surface area contributed by atoms with Crippen LogP contribution in [0.1, 0.15) is 12.1 Å². The van der Waals surface area contributed by atoms with Gasteiger partial charge in [0, 0.05) is 41.0 Å². The molecular weight excluding hydrogens is 386 g/mol. The highest BCUT2D eigenvalue weighted by Crippen LogP contribution is 2.32. The van der Waals surface area contributed by atoms with Crippen molar-refractivity contribution in [1.29, 1.82) is 0 Å². The van der Waals surface area contributed by atoms with E-state index in [0.717, 1.165) is 21.9 Å². The summed E-state index contributed by atoms with van der Waals surface area (Å²) in [4.78, 5) is 18.1. The molecule has 1 aliphatic rings. The standard InChI is InChI=1S/C22H19N3O3S/c26-21(23-16-6-8-19-20(12-16)28-11-10-27-19)9-7-17-14-29-22-24-18(13-25(17)22)15-4-2-1-3-5-15/h1-6,8,12-14H,7,9-11H2,(H,23,26). The Morgan fingerprint density at radius 3 is 2.79 bits per heavy atom. The molecule has 0 fully saturated rings. The van der Waals surface area contributed by atoms with Gasteiger partial charge < -0.3 is 14.8 Å². The van der Waals surface area contributed by atoms with Gasteiger partial charge in [0.25, 0.3) is 0 Å². The van der Waals surface area contributed by atoms with Crippen molar-refractivity contribution in [3.63, 3.8) is 0 Å². The number of hydrogen-bond donors (Lipinski definition) is 1. The van der Waals surface area contributed by atoms with Crippen LogP contribution in [0.15, 0.2) is 60.1 Å². The highest BCUT2D eigenvalue weighted by molar-refractivity contribution is 7.15. The average Bonchev–Trinajstić information content (AvgIpc) is 3.34. The zero-order chi connectivity index (χ0) is 19.6. The van der Waals surface area contributed by atoms with Crippen LogP contribution in [0.4, 0.5) is 5.69 Å².